The monoisotopic (exact) mass is 804 g/mol. The van der Waals surface area contributed by atoms with Gasteiger partial charge in [-0.15, -0.1) is 0 Å². The number of hydrogen-bond donors (Lipinski definition) is 0. The van der Waals surface area contributed by atoms with Crippen molar-refractivity contribution in [2.75, 3.05) is 4.90 Å². The molecule has 0 radical (unpaired) electrons. The largest absolute Gasteiger partial charge is 0.309 e. The van der Waals surface area contributed by atoms with Crippen LogP contribution in [0.2, 0.25) is 0 Å². The van der Waals surface area contributed by atoms with Crippen molar-refractivity contribution in [2.24, 2.45) is 0 Å². The lowest BCUT2D eigenvalue weighted by Gasteiger charge is -2.31. The molecule has 0 bridgehead atoms. The van der Waals surface area contributed by atoms with E-state index in [4.69, 9.17) is 0 Å². The molecule has 298 valence electrons. The third kappa shape index (κ3) is 5.79. The molecule has 1 aliphatic carbocycles. The van der Waals surface area contributed by atoms with Gasteiger partial charge in [-0.3, -0.25) is 0 Å². The summed E-state index contributed by atoms with van der Waals surface area (Å²) >= 11 is 0. The zero-order chi connectivity index (χ0) is 42.1. The van der Waals surface area contributed by atoms with Gasteiger partial charge in [-0.05, 0) is 104 Å². The SMILES string of the molecule is CC1(C)c2ccccc2-c2ccc(-c3ccccc3N(c3ccccc3-c3cccc4cccc(-c5ccccc5)c34)c3cccc4c3c3ccccc3n4-c3ccccc3)cc21. The Kier molecular flexibility index (Phi) is 8.55. The van der Waals surface area contributed by atoms with Gasteiger partial charge in [0, 0.05) is 33.0 Å². The average molecular weight is 805 g/mol. The predicted molar refractivity (Wildman–Crippen MR) is 267 cm³/mol. The van der Waals surface area contributed by atoms with E-state index in [9.17, 15) is 0 Å². The van der Waals surface area contributed by atoms with Crippen molar-refractivity contribution in [2.45, 2.75) is 19.3 Å². The van der Waals surface area contributed by atoms with E-state index in [1.165, 1.54) is 77.1 Å². The molecular weight excluding hydrogens is 761 g/mol. The lowest BCUT2D eigenvalue weighted by atomic mass is 9.81. The quantitative estimate of drug-likeness (QED) is 0.156. The van der Waals surface area contributed by atoms with Crippen molar-refractivity contribution >= 4 is 49.6 Å². The van der Waals surface area contributed by atoms with E-state index in [0.717, 1.165) is 33.8 Å². The molecule has 0 fully saturated rings. The van der Waals surface area contributed by atoms with Gasteiger partial charge in [0.1, 0.15) is 0 Å². The fourth-order valence-corrected chi connectivity index (χ4v) is 10.5. The summed E-state index contributed by atoms with van der Waals surface area (Å²) in [5.41, 5.74) is 19.2. The molecule has 0 unspecified atom stereocenters. The summed E-state index contributed by atoms with van der Waals surface area (Å²) in [5, 5.41) is 4.87. The van der Waals surface area contributed by atoms with E-state index in [0.29, 0.717) is 0 Å². The molecule has 11 aromatic rings. The number of aromatic nitrogens is 1. The first kappa shape index (κ1) is 36.9. The summed E-state index contributed by atoms with van der Waals surface area (Å²) in [6.45, 7) is 4.74. The minimum absolute atomic E-state index is 0.126. The molecule has 0 amide bonds. The summed E-state index contributed by atoms with van der Waals surface area (Å²) in [4.78, 5) is 2.55. The molecule has 0 N–H and O–H groups in total. The van der Waals surface area contributed by atoms with Crippen molar-refractivity contribution in [3.8, 4) is 50.2 Å². The van der Waals surface area contributed by atoms with Gasteiger partial charge in [0.15, 0.2) is 0 Å². The predicted octanol–water partition coefficient (Wildman–Crippen LogP) is 16.7. The molecule has 10 aromatic carbocycles. The fourth-order valence-electron chi connectivity index (χ4n) is 10.5. The molecule has 63 heavy (non-hydrogen) atoms. The number of benzene rings is 10. The van der Waals surface area contributed by atoms with Crippen LogP contribution in [0.3, 0.4) is 0 Å². The van der Waals surface area contributed by atoms with Crippen molar-refractivity contribution in [1.29, 1.82) is 0 Å². The number of fused-ring (bicyclic) bond motifs is 7. The van der Waals surface area contributed by atoms with Crippen LogP contribution in [0.25, 0.3) is 82.8 Å². The molecule has 0 saturated heterocycles. The van der Waals surface area contributed by atoms with Crippen LogP contribution in [0.4, 0.5) is 17.1 Å². The van der Waals surface area contributed by atoms with Crippen LogP contribution < -0.4 is 4.90 Å². The Morgan fingerprint density at radius 3 is 1.70 bits per heavy atom. The zero-order valence-corrected chi connectivity index (χ0v) is 35.3. The smallest absolute Gasteiger partial charge is 0.0562 e. The van der Waals surface area contributed by atoms with Gasteiger partial charge in [0.25, 0.3) is 0 Å². The Labute approximate surface area is 368 Å². The standard InChI is InChI=1S/C61H44N2/c1-61(2)52-32-13-9-27-47(52)48-39-38-43(40-53(48)61)45-26-10-14-33-54(45)63(58-37-19-36-57-60(58)51-29-12-16-35-56(51)62(57)44-24-7-4-8-25-44)55-34-15-11-28-49(55)50-31-18-23-42-22-17-30-46(59(42)50)41-20-5-3-6-21-41/h3-40H,1-2H3. The average Bonchev–Trinajstić information content (AvgIpc) is 3.80. The zero-order valence-electron chi connectivity index (χ0n) is 35.3. The van der Waals surface area contributed by atoms with Gasteiger partial charge in [0.05, 0.1) is 28.1 Å². The number of rotatable bonds is 7. The summed E-state index contributed by atoms with van der Waals surface area (Å²) in [7, 11) is 0. The molecule has 0 spiro atoms. The highest BCUT2D eigenvalue weighted by molar-refractivity contribution is 6.18. The molecule has 1 aromatic heterocycles. The van der Waals surface area contributed by atoms with Crippen LogP contribution in [-0.4, -0.2) is 4.57 Å². The van der Waals surface area contributed by atoms with E-state index in [-0.39, 0.29) is 5.41 Å². The van der Waals surface area contributed by atoms with Gasteiger partial charge < -0.3 is 9.47 Å². The number of hydrogen-bond acceptors (Lipinski definition) is 1. The van der Waals surface area contributed by atoms with Crippen molar-refractivity contribution in [1.82, 2.24) is 4.57 Å². The number of nitrogens with zero attached hydrogens (tertiary/aromatic N) is 2. The van der Waals surface area contributed by atoms with Crippen molar-refractivity contribution < 1.29 is 0 Å². The van der Waals surface area contributed by atoms with E-state index >= 15 is 0 Å². The summed E-state index contributed by atoms with van der Waals surface area (Å²) in [6, 6.07) is 84.8. The fraction of sp³-hybridized carbons (Fsp3) is 0.0492. The van der Waals surface area contributed by atoms with Gasteiger partial charge in [-0.25, -0.2) is 0 Å². The molecule has 0 aliphatic heterocycles. The van der Waals surface area contributed by atoms with E-state index in [1.807, 2.05) is 0 Å². The second-order valence-electron chi connectivity index (χ2n) is 17.2. The molecular formula is C61H44N2. The van der Waals surface area contributed by atoms with E-state index in [1.54, 1.807) is 0 Å². The molecule has 0 atom stereocenters. The van der Waals surface area contributed by atoms with E-state index in [2.05, 4.69) is 254 Å². The van der Waals surface area contributed by atoms with Crippen molar-refractivity contribution in [3.05, 3.63) is 242 Å². The molecule has 2 nitrogen and oxygen atoms in total. The highest BCUT2D eigenvalue weighted by atomic mass is 15.2. The molecule has 1 heterocycles. The van der Waals surface area contributed by atoms with Crippen LogP contribution >= 0.6 is 0 Å². The molecule has 0 saturated carbocycles. The maximum absolute atomic E-state index is 2.55. The first-order chi connectivity index (χ1) is 31.1. The maximum Gasteiger partial charge on any atom is 0.0562 e. The lowest BCUT2D eigenvalue weighted by Crippen LogP contribution is -2.15. The van der Waals surface area contributed by atoms with Gasteiger partial charge in [-0.2, -0.15) is 0 Å². The Balaban J connectivity index is 1.16. The topological polar surface area (TPSA) is 8.17 Å². The second kappa shape index (κ2) is 14.6. The van der Waals surface area contributed by atoms with Crippen molar-refractivity contribution in [3.63, 3.8) is 0 Å². The summed E-state index contributed by atoms with van der Waals surface area (Å²) < 4.78 is 2.42. The van der Waals surface area contributed by atoms with E-state index < -0.39 is 0 Å². The third-order valence-corrected chi connectivity index (χ3v) is 13.4. The van der Waals surface area contributed by atoms with Gasteiger partial charge in [0.2, 0.25) is 0 Å². The van der Waals surface area contributed by atoms with Crippen LogP contribution in [0.15, 0.2) is 231 Å². The lowest BCUT2D eigenvalue weighted by molar-refractivity contribution is 0.660. The van der Waals surface area contributed by atoms with Gasteiger partial charge >= 0.3 is 0 Å². The highest BCUT2D eigenvalue weighted by Crippen LogP contribution is 2.53. The number of anilines is 3. The molecule has 12 rings (SSSR count). The second-order valence-corrected chi connectivity index (χ2v) is 17.2. The van der Waals surface area contributed by atoms with Crippen LogP contribution in [-0.2, 0) is 5.41 Å². The minimum atomic E-state index is -0.126. The Morgan fingerprint density at radius 2 is 0.905 bits per heavy atom. The summed E-state index contributed by atoms with van der Waals surface area (Å²) in [5.74, 6) is 0. The Hall–Kier alpha value is -7.94. The minimum Gasteiger partial charge on any atom is -0.309 e. The summed E-state index contributed by atoms with van der Waals surface area (Å²) in [6.07, 6.45) is 0. The van der Waals surface area contributed by atoms with Crippen LogP contribution in [0, 0.1) is 0 Å². The number of para-hydroxylation sites is 4. The van der Waals surface area contributed by atoms with Crippen LogP contribution in [0.5, 0.6) is 0 Å². The maximum atomic E-state index is 2.55. The Morgan fingerprint density at radius 1 is 0.349 bits per heavy atom. The first-order valence-corrected chi connectivity index (χ1v) is 21.9. The normalized spacial score (nSPS) is 12.7. The first-order valence-electron chi connectivity index (χ1n) is 21.9. The van der Waals surface area contributed by atoms with Gasteiger partial charge in [-0.1, -0.05) is 196 Å². The highest BCUT2D eigenvalue weighted by Gasteiger charge is 2.35. The molecule has 2 heteroatoms. The molecule has 1 aliphatic rings. The Bertz CT molecular complexity index is 3530. The van der Waals surface area contributed by atoms with Crippen LogP contribution in [0.1, 0.15) is 25.0 Å². The third-order valence-electron chi connectivity index (χ3n) is 13.4.